The van der Waals surface area contributed by atoms with Crippen LogP contribution in [0.25, 0.3) is 0 Å². The Morgan fingerprint density at radius 1 is 1.50 bits per heavy atom. The smallest absolute Gasteiger partial charge is 0.0906 e. The minimum atomic E-state index is -0.183. The highest BCUT2D eigenvalue weighted by Gasteiger charge is 2.24. The number of rotatable bonds is 5. The Morgan fingerprint density at radius 3 is 2.93 bits per heavy atom. The second kappa shape index (κ2) is 6.36. The summed E-state index contributed by atoms with van der Waals surface area (Å²) < 4.78 is 12.1. The lowest BCUT2D eigenvalue weighted by Gasteiger charge is -2.39. The van der Waals surface area contributed by atoms with Crippen LogP contribution in [0.3, 0.4) is 0 Å². The van der Waals surface area contributed by atoms with Crippen LogP contribution in [0.1, 0.15) is 33.1 Å². The van der Waals surface area contributed by atoms with Gasteiger partial charge in [0.25, 0.3) is 0 Å². The van der Waals surface area contributed by atoms with Gasteiger partial charge in [0, 0.05) is 31.7 Å². The second-order valence-corrected chi connectivity index (χ2v) is 4.29. The fourth-order valence-corrected chi connectivity index (χ4v) is 2.19. The largest absolute Gasteiger partial charge is 0.311 e. The molecule has 1 aliphatic heterocycles. The number of alkyl halides is 1. The van der Waals surface area contributed by atoms with Gasteiger partial charge in [0.1, 0.15) is 0 Å². The molecule has 0 aromatic rings. The summed E-state index contributed by atoms with van der Waals surface area (Å²) in [6.07, 6.45) is 3.13. The van der Waals surface area contributed by atoms with Crippen molar-refractivity contribution in [3.8, 4) is 0 Å². The molecule has 0 bridgehead atoms. The van der Waals surface area contributed by atoms with Crippen molar-refractivity contribution in [1.29, 1.82) is 0 Å². The van der Waals surface area contributed by atoms with Crippen molar-refractivity contribution in [3.05, 3.63) is 0 Å². The Kier molecular flexibility index (Phi) is 5.41. The van der Waals surface area contributed by atoms with Gasteiger partial charge in [-0.05, 0) is 19.8 Å². The fourth-order valence-electron chi connectivity index (χ4n) is 2.19. The van der Waals surface area contributed by atoms with Crippen molar-refractivity contribution in [2.24, 2.45) is 0 Å². The highest BCUT2D eigenvalue weighted by atomic mass is 19.1. The number of nitrogens with one attached hydrogen (secondary N) is 1. The fraction of sp³-hybridized carbons (Fsp3) is 1.00. The molecule has 1 fully saturated rings. The molecule has 2 atom stereocenters. The van der Waals surface area contributed by atoms with Gasteiger partial charge >= 0.3 is 0 Å². The Balaban J connectivity index is 2.37. The van der Waals surface area contributed by atoms with Crippen molar-refractivity contribution in [1.82, 2.24) is 10.2 Å². The number of halogens is 1. The van der Waals surface area contributed by atoms with Crippen LogP contribution >= 0.6 is 0 Å². The van der Waals surface area contributed by atoms with Gasteiger partial charge in [0.2, 0.25) is 0 Å². The van der Waals surface area contributed by atoms with Gasteiger partial charge in [-0.15, -0.1) is 0 Å². The van der Waals surface area contributed by atoms with Crippen molar-refractivity contribution >= 4 is 0 Å². The van der Waals surface area contributed by atoms with Crippen LogP contribution in [0.15, 0.2) is 0 Å². The van der Waals surface area contributed by atoms with Crippen molar-refractivity contribution in [3.63, 3.8) is 0 Å². The van der Waals surface area contributed by atoms with E-state index in [1.807, 2.05) is 0 Å². The van der Waals surface area contributed by atoms with E-state index in [1.165, 1.54) is 12.8 Å². The number of hydrogen-bond donors (Lipinski definition) is 1. The van der Waals surface area contributed by atoms with E-state index >= 15 is 0 Å². The Morgan fingerprint density at radius 2 is 2.29 bits per heavy atom. The molecule has 84 valence electrons. The first-order valence-electron chi connectivity index (χ1n) is 5.81. The summed E-state index contributed by atoms with van der Waals surface area (Å²) in [4.78, 5) is 2.45. The maximum atomic E-state index is 12.1. The molecule has 0 aromatic carbocycles. The topological polar surface area (TPSA) is 15.3 Å². The molecular formula is C11H23FN2. The minimum absolute atomic E-state index is 0.183. The van der Waals surface area contributed by atoms with Gasteiger partial charge in [-0.25, -0.2) is 0 Å². The van der Waals surface area contributed by atoms with Crippen LogP contribution in [-0.4, -0.2) is 43.3 Å². The van der Waals surface area contributed by atoms with Crippen LogP contribution in [0.5, 0.6) is 0 Å². The maximum absolute atomic E-state index is 12.1. The molecule has 1 rings (SSSR count). The van der Waals surface area contributed by atoms with Crippen molar-refractivity contribution in [2.75, 3.05) is 26.3 Å². The number of hydrogen-bond acceptors (Lipinski definition) is 2. The summed E-state index contributed by atoms with van der Waals surface area (Å²) in [6.45, 7) is 7.30. The van der Waals surface area contributed by atoms with Gasteiger partial charge in [-0.2, -0.15) is 0 Å². The first-order valence-corrected chi connectivity index (χ1v) is 5.81. The van der Waals surface area contributed by atoms with E-state index < -0.39 is 0 Å². The minimum Gasteiger partial charge on any atom is -0.311 e. The summed E-state index contributed by atoms with van der Waals surface area (Å²) in [5.41, 5.74) is 0. The first-order chi connectivity index (χ1) is 6.77. The molecule has 1 N–H and O–H groups in total. The average molecular weight is 202 g/mol. The van der Waals surface area contributed by atoms with Crippen molar-refractivity contribution in [2.45, 2.75) is 45.2 Å². The van der Waals surface area contributed by atoms with E-state index in [4.69, 9.17) is 0 Å². The van der Waals surface area contributed by atoms with Crippen LogP contribution in [0.4, 0.5) is 4.39 Å². The van der Waals surface area contributed by atoms with Gasteiger partial charge < -0.3 is 5.32 Å². The Labute approximate surface area is 86.9 Å². The third-order valence-corrected chi connectivity index (χ3v) is 2.93. The van der Waals surface area contributed by atoms with Crippen LogP contribution in [0, 0.1) is 0 Å². The predicted molar refractivity (Wildman–Crippen MR) is 58.3 cm³/mol. The highest BCUT2D eigenvalue weighted by Crippen LogP contribution is 2.12. The predicted octanol–water partition coefficient (Wildman–Crippen LogP) is 1.81. The normalized spacial score (nSPS) is 29.4. The molecule has 0 radical (unpaired) electrons. The lowest BCUT2D eigenvalue weighted by molar-refractivity contribution is 0.123. The lowest BCUT2D eigenvalue weighted by Crippen LogP contribution is -2.55. The standard InChI is InChI=1S/C11H23FN2/c1-3-5-11-8-13-10(2)9-14(11)7-4-6-12/h10-11,13H,3-9H2,1-2H3. The SMILES string of the molecule is CCCC1CNC(C)CN1CCCF. The molecule has 2 nitrogen and oxygen atoms in total. The van der Waals surface area contributed by atoms with E-state index in [9.17, 15) is 4.39 Å². The van der Waals surface area contributed by atoms with Gasteiger partial charge in [0.15, 0.2) is 0 Å². The molecule has 3 heteroatoms. The average Bonchev–Trinajstić information content (AvgIpc) is 2.18. The zero-order chi connectivity index (χ0) is 10.4. The molecule has 0 spiro atoms. The first kappa shape index (κ1) is 11.9. The molecule has 0 aliphatic carbocycles. The van der Waals surface area contributed by atoms with E-state index in [2.05, 4.69) is 24.1 Å². The third-order valence-electron chi connectivity index (χ3n) is 2.93. The van der Waals surface area contributed by atoms with Crippen LogP contribution < -0.4 is 5.32 Å². The molecule has 1 heterocycles. The highest BCUT2D eigenvalue weighted by molar-refractivity contribution is 4.83. The molecule has 1 saturated heterocycles. The monoisotopic (exact) mass is 202 g/mol. The maximum Gasteiger partial charge on any atom is 0.0906 e. The Hall–Kier alpha value is -0.150. The van der Waals surface area contributed by atoms with E-state index in [0.717, 1.165) is 19.6 Å². The van der Waals surface area contributed by atoms with Gasteiger partial charge in [0.05, 0.1) is 6.67 Å². The Bertz CT molecular complexity index is 152. The number of piperazine rings is 1. The zero-order valence-corrected chi connectivity index (χ0v) is 9.43. The molecule has 0 saturated carbocycles. The zero-order valence-electron chi connectivity index (χ0n) is 9.43. The summed E-state index contributed by atoms with van der Waals surface area (Å²) in [5.74, 6) is 0. The quantitative estimate of drug-likeness (QED) is 0.731. The van der Waals surface area contributed by atoms with Gasteiger partial charge in [-0.3, -0.25) is 9.29 Å². The molecule has 2 unspecified atom stereocenters. The van der Waals surface area contributed by atoms with E-state index in [0.29, 0.717) is 18.5 Å². The van der Waals surface area contributed by atoms with Crippen molar-refractivity contribution < 1.29 is 4.39 Å². The van der Waals surface area contributed by atoms with E-state index in [-0.39, 0.29) is 6.67 Å². The van der Waals surface area contributed by atoms with E-state index in [1.54, 1.807) is 0 Å². The molecule has 0 aromatic heterocycles. The number of nitrogens with zero attached hydrogens (tertiary/aromatic N) is 1. The molecule has 14 heavy (non-hydrogen) atoms. The molecular weight excluding hydrogens is 179 g/mol. The van der Waals surface area contributed by atoms with Crippen LogP contribution in [0.2, 0.25) is 0 Å². The van der Waals surface area contributed by atoms with Crippen LogP contribution in [-0.2, 0) is 0 Å². The summed E-state index contributed by atoms with van der Waals surface area (Å²) in [7, 11) is 0. The molecule has 1 aliphatic rings. The molecule has 0 amide bonds. The summed E-state index contributed by atoms with van der Waals surface area (Å²) >= 11 is 0. The summed E-state index contributed by atoms with van der Waals surface area (Å²) in [5, 5.41) is 3.49. The van der Waals surface area contributed by atoms with Gasteiger partial charge in [-0.1, -0.05) is 13.3 Å². The lowest BCUT2D eigenvalue weighted by atomic mass is 10.1. The third kappa shape index (κ3) is 3.54. The second-order valence-electron chi connectivity index (χ2n) is 4.29. The summed E-state index contributed by atoms with van der Waals surface area (Å²) in [6, 6.07) is 1.19.